The first-order valence-corrected chi connectivity index (χ1v) is 8.06. The maximum absolute atomic E-state index is 12.3. The number of hydrogen-bond donors (Lipinski definition) is 1. The van der Waals surface area contributed by atoms with Gasteiger partial charge in [0.15, 0.2) is 0 Å². The molecule has 124 valence electrons. The topological polar surface area (TPSA) is 50.2 Å². The molecule has 0 aliphatic carbocycles. The Labute approximate surface area is 142 Å². The Hall–Kier alpha value is -1.85. The number of carbonyl (C=O) groups excluding carboxylic acids is 1. The van der Waals surface area contributed by atoms with Crippen molar-refractivity contribution in [2.24, 2.45) is 0 Å². The maximum Gasteiger partial charge on any atom is 0.256 e. The van der Waals surface area contributed by atoms with Crippen molar-refractivity contribution in [1.29, 1.82) is 0 Å². The van der Waals surface area contributed by atoms with Crippen LogP contribution in [0.15, 0.2) is 30.3 Å². The van der Waals surface area contributed by atoms with Crippen LogP contribution >= 0.6 is 11.6 Å². The number of nitrogens with zero attached hydrogens (tertiary/aromatic N) is 3. The summed E-state index contributed by atoms with van der Waals surface area (Å²) in [5, 5.41) is 7.69. The maximum atomic E-state index is 12.3. The van der Waals surface area contributed by atoms with Crippen LogP contribution in [0.5, 0.6) is 0 Å². The van der Waals surface area contributed by atoms with Crippen LogP contribution in [0.3, 0.4) is 0 Å². The highest BCUT2D eigenvalue weighted by Gasteiger charge is 2.20. The molecule has 0 atom stereocenters. The minimum Gasteiger partial charge on any atom is -0.352 e. The van der Waals surface area contributed by atoms with E-state index in [1.165, 1.54) is 0 Å². The Bertz CT molecular complexity index is 652. The highest BCUT2D eigenvalue weighted by molar-refractivity contribution is 6.33. The molecule has 1 aromatic heterocycles. The molecule has 0 bridgehead atoms. The molecule has 0 unspecified atom stereocenters. The summed E-state index contributed by atoms with van der Waals surface area (Å²) in [7, 11) is 4.02. The number of halogens is 1. The SMILES string of the molecule is Cc1nn(Cc2ccccc2)c(Cl)c1C(=O)NCCCN(C)C. The summed E-state index contributed by atoms with van der Waals surface area (Å²) in [6, 6.07) is 9.92. The first kappa shape index (κ1) is 17.5. The summed E-state index contributed by atoms with van der Waals surface area (Å²) in [5.41, 5.74) is 2.21. The van der Waals surface area contributed by atoms with Gasteiger partial charge in [0.1, 0.15) is 5.15 Å². The van der Waals surface area contributed by atoms with Gasteiger partial charge in [-0.05, 0) is 39.5 Å². The standard InChI is InChI=1S/C17H23ClN4O/c1-13-15(17(23)19-10-7-11-21(2)3)16(18)22(20-13)12-14-8-5-4-6-9-14/h4-6,8-9H,7,10-12H2,1-3H3,(H,19,23). The van der Waals surface area contributed by atoms with Gasteiger partial charge in [0, 0.05) is 6.54 Å². The molecular weight excluding hydrogens is 312 g/mol. The summed E-state index contributed by atoms with van der Waals surface area (Å²) in [4.78, 5) is 14.4. The third-order valence-electron chi connectivity index (χ3n) is 3.54. The number of carbonyl (C=O) groups is 1. The molecule has 0 saturated carbocycles. The molecule has 5 nitrogen and oxygen atoms in total. The second kappa shape index (κ2) is 8.13. The zero-order valence-corrected chi connectivity index (χ0v) is 14.6. The zero-order valence-electron chi connectivity index (χ0n) is 13.8. The molecule has 0 aliphatic rings. The molecule has 1 heterocycles. The lowest BCUT2D eigenvalue weighted by atomic mass is 10.2. The molecular formula is C17H23ClN4O. The van der Waals surface area contributed by atoms with Gasteiger partial charge in [-0.15, -0.1) is 0 Å². The normalized spacial score (nSPS) is 11.0. The van der Waals surface area contributed by atoms with E-state index in [2.05, 4.69) is 15.3 Å². The van der Waals surface area contributed by atoms with Gasteiger partial charge in [0.2, 0.25) is 0 Å². The predicted octanol–water partition coefficient (Wildman–Crippen LogP) is 2.57. The van der Waals surface area contributed by atoms with Crippen LogP contribution in [0.25, 0.3) is 0 Å². The second-order valence-electron chi connectivity index (χ2n) is 5.81. The van der Waals surface area contributed by atoms with Crippen LogP contribution in [0.1, 0.15) is 28.0 Å². The van der Waals surface area contributed by atoms with Crippen molar-refractivity contribution in [3.63, 3.8) is 0 Å². The van der Waals surface area contributed by atoms with Gasteiger partial charge >= 0.3 is 0 Å². The molecule has 0 saturated heterocycles. The van der Waals surface area contributed by atoms with Crippen LogP contribution in [0.2, 0.25) is 5.15 Å². The van der Waals surface area contributed by atoms with Gasteiger partial charge in [-0.1, -0.05) is 41.9 Å². The molecule has 23 heavy (non-hydrogen) atoms. The molecule has 1 amide bonds. The van der Waals surface area contributed by atoms with E-state index >= 15 is 0 Å². The van der Waals surface area contributed by atoms with Crippen LogP contribution in [-0.4, -0.2) is 47.8 Å². The van der Waals surface area contributed by atoms with Gasteiger partial charge in [0.05, 0.1) is 17.8 Å². The fourth-order valence-corrected chi connectivity index (χ4v) is 2.68. The fraction of sp³-hybridized carbons (Fsp3) is 0.412. The van der Waals surface area contributed by atoms with E-state index in [-0.39, 0.29) is 5.91 Å². The number of benzene rings is 1. The number of aryl methyl sites for hydroxylation is 1. The van der Waals surface area contributed by atoms with Crippen molar-refractivity contribution < 1.29 is 4.79 Å². The molecule has 0 radical (unpaired) electrons. The molecule has 2 aromatic rings. The first-order chi connectivity index (χ1) is 11.0. The third-order valence-corrected chi connectivity index (χ3v) is 3.92. The van der Waals surface area contributed by atoms with Crippen molar-refractivity contribution in [1.82, 2.24) is 20.0 Å². The number of nitrogens with one attached hydrogen (secondary N) is 1. The van der Waals surface area contributed by atoms with Crippen molar-refractivity contribution in [3.05, 3.63) is 52.3 Å². The van der Waals surface area contributed by atoms with E-state index in [0.29, 0.717) is 29.5 Å². The van der Waals surface area contributed by atoms with Gasteiger partial charge in [-0.2, -0.15) is 5.10 Å². The van der Waals surface area contributed by atoms with Crippen LogP contribution < -0.4 is 5.32 Å². The molecule has 6 heteroatoms. The minimum atomic E-state index is -0.162. The predicted molar refractivity (Wildman–Crippen MR) is 93.0 cm³/mol. The summed E-state index contributed by atoms with van der Waals surface area (Å²) in [6.07, 6.45) is 0.896. The average molecular weight is 335 g/mol. The third kappa shape index (κ3) is 4.81. The van der Waals surface area contributed by atoms with E-state index in [9.17, 15) is 4.79 Å². The van der Waals surface area contributed by atoms with Crippen molar-refractivity contribution in [2.75, 3.05) is 27.2 Å². The largest absolute Gasteiger partial charge is 0.352 e. The molecule has 1 N–H and O–H groups in total. The van der Waals surface area contributed by atoms with Gasteiger partial charge in [-0.25, -0.2) is 4.68 Å². The first-order valence-electron chi connectivity index (χ1n) is 7.68. The molecule has 0 spiro atoms. The van der Waals surface area contributed by atoms with E-state index < -0.39 is 0 Å². The van der Waals surface area contributed by atoms with E-state index in [1.807, 2.05) is 51.4 Å². The smallest absolute Gasteiger partial charge is 0.256 e. The Kier molecular flexibility index (Phi) is 6.19. The highest BCUT2D eigenvalue weighted by atomic mass is 35.5. The lowest BCUT2D eigenvalue weighted by Crippen LogP contribution is -2.27. The van der Waals surface area contributed by atoms with Crippen molar-refractivity contribution in [2.45, 2.75) is 19.9 Å². The number of rotatable bonds is 7. The van der Waals surface area contributed by atoms with Gasteiger partial charge in [-0.3, -0.25) is 4.79 Å². The zero-order chi connectivity index (χ0) is 16.8. The van der Waals surface area contributed by atoms with Crippen LogP contribution in [-0.2, 0) is 6.54 Å². The highest BCUT2D eigenvalue weighted by Crippen LogP contribution is 2.20. The Morgan fingerprint density at radius 2 is 2.00 bits per heavy atom. The molecule has 2 rings (SSSR count). The summed E-state index contributed by atoms with van der Waals surface area (Å²) in [6.45, 7) is 3.91. The summed E-state index contributed by atoms with van der Waals surface area (Å²) in [5.74, 6) is -0.162. The molecule has 1 aromatic carbocycles. The quantitative estimate of drug-likeness (QED) is 0.792. The van der Waals surface area contributed by atoms with E-state index in [1.54, 1.807) is 4.68 Å². The Morgan fingerprint density at radius 1 is 1.30 bits per heavy atom. The monoisotopic (exact) mass is 334 g/mol. The van der Waals surface area contributed by atoms with Crippen LogP contribution in [0.4, 0.5) is 0 Å². The summed E-state index contributed by atoms with van der Waals surface area (Å²) < 4.78 is 1.67. The lowest BCUT2D eigenvalue weighted by molar-refractivity contribution is 0.0952. The Morgan fingerprint density at radius 3 is 2.65 bits per heavy atom. The van der Waals surface area contributed by atoms with Gasteiger partial charge in [0.25, 0.3) is 5.91 Å². The average Bonchev–Trinajstić information content (AvgIpc) is 2.78. The molecule has 0 aliphatic heterocycles. The second-order valence-corrected chi connectivity index (χ2v) is 6.17. The summed E-state index contributed by atoms with van der Waals surface area (Å²) >= 11 is 6.37. The van der Waals surface area contributed by atoms with E-state index in [0.717, 1.165) is 18.5 Å². The van der Waals surface area contributed by atoms with Crippen molar-refractivity contribution in [3.8, 4) is 0 Å². The molecule has 0 fully saturated rings. The van der Waals surface area contributed by atoms with Crippen molar-refractivity contribution >= 4 is 17.5 Å². The van der Waals surface area contributed by atoms with E-state index in [4.69, 9.17) is 11.6 Å². The fourth-order valence-electron chi connectivity index (χ4n) is 2.36. The Balaban J connectivity index is 2.03. The number of aromatic nitrogens is 2. The number of hydrogen-bond acceptors (Lipinski definition) is 3. The minimum absolute atomic E-state index is 0.162. The number of amides is 1. The van der Waals surface area contributed by atoms with Crippen LogP contribution in [0, 0.1) is 6.92 Å². The lowest BCUT2D eigenvalue weighted by Gasteiger charge is -2.10. The van der Waals surface area contributed by atoms with Gasteiger partial charge < -0.3 is 10.2 Å².